The summed E-state index contributed by atoms with van der Waals surface area (Å²) < 4.78 is 11.0. The number of esters is 1. The number of rotatable bonds is 39. The fraction of sp³-hybridized carbons (Fsp3) is 0.955. The van der Waals surface area contributed by atoms with Crippen molar-refractivity contribution < 1.29 is 19.1 Å². The Labute approximate surface area is 308 Å². The molecular weight excluding hydrogens is 606 g/mol. The number of methoxy groups -OCH3 is 1. The molecule has 0 radical (unpaired) electrons. The Balaban J connectivity index is 0. The largest absolute Gasteiger partial charge is 0.462 e. The van der Waals surface area contributed by atoms with Crippen LogP contribution in [0.3, 0.4) is 0 Å². The second-order valence-corrected chi connectivity index (χ2v) is 15.0. The maximum absolute atomic E-state index is 12.5. The van der Waals surface area contributed by atoms with E-state index in [9.17, 15) is 9.59 Å². The molecule has 5 heteroatoms. The average molecular weight is 696 g/mol. The van der Waals surface area contributed by atoms with E-state index in [1.165, 1.54) is 161 Å². The maximum atomic E-state index is 12.5. The van der Waals surface area contributed by atoms with Gasteiger partial charge in [-0.2, -0.15) is 0 Å². The van der Waals surface area contributed by atoms with Crippen LogP contribution in [0.25, 0.3) is 0 Å². The molecule has 1 atom stereocenters. The van der Waals surface area contributed by atoms with Crippen LogP contribution >= 0.6 is 0 Å². The minimum atomic E-state index is 0.0368. The molecule has 0 saturated carbocycles. The van der Waals surface area contributed by atoms with E-state index in [4.69, 9.17) is 9.47 Å². The van der Waals surface area contributed by atoms with Crippen LogP contribution in [0.1, 0.15) is 233 Å². The Hall–Kier alpha value is -0.940. The van der Waals surface area contributed by atoms with Gasteiger partial charge >= 0.3 is 5.97 Å². The van der Waals surface area contributed by atoms with E-state index in [2.05, 4.69) is 33.0 Å². The van der Waals surface area contributed by atoms with Gasteiger partial charge in [0.2, 0.25) is 0 Å². The molecule has 1 N–H and O–H groups in total. The van der Waals surface area contributed by atoms with Crippen molar-refractivity contribution in [3.8, 4) is 0 Å². The molecule has 0 rings (SSSR count). The van der Waals surface area contributed by atoms with Crippen molar-refractivity contribution in [2.24, 2.45) is 5.92 Å². The van der Waals surface area contributed by atoms with Gasteiger partial charge in [0, 0.05) is 26.6 Å². The lowest BCUT2D eigenvalue weighted by Gasteiger charge is -2.18. The van der Waals surface area contributed by atoms with E-state index < -0.39 is 0 Å². The third kappa shape index (κ3) is 45.0. The summed E-state index contributed by atoms with van der Waals surface area (Å²) in [5.41, 5.74) is 0. The zero-order valence-electron chi connectivity index (χ0n) is 34.1. The third-order valence-corrected chi connectivity index (χ3v) is 9.72. The zero-order chi connectivity index (χ0) is 36.3. The SMILES string of the molecule is CCCCCCCC(C)COC.CCCCCCCCC(CCCCCCCC)OC(=O)CCCCCCCNCCCCCCCC=O. The van der Waals surface area contributed by atoms with Gasteiger partial charge in [0.05, 0.1) is 0 Å². The van der Waals surface area contributed by atoms with Crippen molar-refractivity contribution in [1.82, 2.24) is 5.32 Å². The van der Waals surface area contributed by atoms with Crippen LogP contribution in [0.15, 0.2) is 0 Å². The Kier molecular flexibility index (Phi) is 46.2. The first-order valence-electron chi connectivity index (χ1n) is 21.9. The highest BCUT2D eigenvalue weighted by molar-refractivity contribution is 5.69. The first-order valence-corrected chi connectivity index (χ1v) is 21.9. The normalized spacial score (nSPS) is 11.8. The summed E-state index contributed by atoms with van der Waals surface area (Å²) >= 11 is 0. The Bertz CT molecular complexity index is 612. The Morgan fingerprint density at radius 1 is 0.551 bits per heavy atom. The van der Waals surface area contributed by atoms with Gasteiger partial charge < -0.3 is 19.6 Å². The molecule has 0 aliphatic heterocycles. The summed E-state index contributed by atoms with van der Waals surface area (Å²) in [4.78, 5) is 22.8. The van der Waals surface area contributed by atoms with Crippen molar-refractivity contribution in [3.05, 3.63) is 0 Å². The monoisotopic (exact) mass is 696 g/mol. The summed E-state index contributed by atoms with van der Waals surface area (Å²) in [5.74, 6) is 0.784. The number of hydrogen-bond donors (Lipinski definition) is 1. The number of ether oxygens (including phenoxy) is 2. The molecule has 0 spiro atoms. The van der Waals surface area contributed by atoms with Crippen LogP contribution in [-0.4, -0.2) is 45.2 Å². The van der Waals surface area contributed by atoms with Crippen molar-refractivity contribution in [2.75, 3.05) is 26.8 Å². The van der Waals surface area contributed by atoms with Gasteiger partial charge in [-0.05, 0) is 76.8 Å². The van der Waals surface area contributed by atoms with Crippen LogP contribution in [0.2, 0.25) is 0 Å². The summed E-state index contributed by atoms with van der Waals surface area (Å²) in [5, 5.41) is 3.55. The van der Waals surface area contributed by atoms with Crippen molar-refractivity contribution in [3.63, 3.8) is 0 Å². The topological polar surface area (TPSA) is 64.6 Å². The molecule has 0 aliphatic rings. The molecule has 0 aliphatic carbocycles. The smallest absolute Gasteiger partial charge is 0.306 e. The summed E-state index contributed by atoms with van der Waals surface area (Å²) in [6.07, 6.45) is 40.2. The first kappa shape index (κ1) is 50.2. The minimum Gasteiger partial charge on any atom is -0.462 e. The number of unbranched alkanes of at least 4 members (excludes halogenated alkanes) is 23. The van der Waals surface area contributed by atoms with E-state index in [0.29, 0.717) is 6.42 Å². The average Bonchev–Trinajstić information content (AvgIpc) is 3.09. The second kappa shape index (κ2) is 45.1. The molecule has 0 aromatic carbocycles. The van der Waals surface area contributed by atoms with Crippen LogP contribution in [0.4, 0.5) is 0 Å². The van der Waals surface area contributed by atoms with E-state index >= 15 is 0 Å². The van der Waals surface area contributed by atoms with Gasteiger partial charge in [-0.15, -0.1) is 0 Å². The molecule has 0 saturated heterocycles. The molecule has 0 fully saturated rings. The highest BCUT2D eigenvalue weighted by Crippen LogP contribution is 2.18. The quantitative estimate of drug-likeness (QED) is 0.0394. The van der Waals surface area contributed by atoms with Gasteiger partial charge in [-0.1, -0.05) is 163 Å². The standard InChI is InChI=1S/C33H65NO3.C11H24O/c1-3-5-7-9-14-20-26-32(27-21-15-10-8-6-4-2)37-33(36)28-22-16-13-18-24-30-34-29-23-17-11-12-19-25-31-35;1-4-5-6-7-8-9-11(2)10-12-3/h31-32,34H,3-30H2,1-2H3;11H,4-10H2,1-3H3. The highest BCUT2D eigenvalue weighted by atomic mass is 16.5. The highest BCUT2D eigenvalue weighted by Gasteiger charge is 2.14. The molecule has 1 unspecified atom stereocenters. The van der Waals surface area contributed by atoms with E-state index in [-0.39, 0.29) is 12.1 Å². The van der Waals surface area contributed by atoms with Gasteiger partial charge in [-0.25, -0.2) is 0 Å². The fourth-order valence-electron chi connectivity index (χ4n) is 6.46. The zero-order valence-corrected chi connectivity index (χ0v) is 34.1. The number of hydrogen-bond acceptors (Lipinski definition) is 5. The van der Waals surface area contributed by atoms with Crippen molar-refractivity contribution >= 4 is 12.3 Å². The van der Waals surface area contributed by atoms with E-state index in [1.54, 1.807) is 7.11 Å². The Morgan fingerprint density at radius 2 is 0.959 bits per heavy atom. The first-order chi connectivity index (χ1) is 24.0. The van der Waals surface area contributed by atoms with Crippen LogP contribution in [0.5, 0.6) is 0 Å². The molecule has 0 aromatic heterocycles. The van der Waals surface area contributed by atoms with Gasteiger partial charge in [0.25, 0.3) is 0 Å². The number of carbonyl (C=O) groups is 2. The molecule has 5 nitrogen and oxygen atoms in total. The van der Waals surface area contributed by atoms with Gasteiger partial charge in [0.1, 0.15) is 12.4 Å². The van der Waals surface area contributed by atoms with Crippen LogP contribution < -0.4 is 5.32 Å². The van der Waals surface area contributed by atoms with Gasteiger partial charge in [0.15, 0.2) is 0 Å². The lowest BCUT2D eigenvalue weighted by molar-refractivity contribution is -0.150. The van der Waals surface area contributed by atoms with Gasteiger partial charge in [-0.3, -0.25) is 4.79 Å². The molecule has 0 heterocycles. The van der Waals surface area contributed by atoms with Crippen molar-refractivity contribution in [1.29, 1.82) is 0 Å². The molecule has 0 amide bonds. The van der Waals surface area contributed by atoms with E-state index in [1.807, 2.05) is 0 Å². The summed E-state index contributed by atoms with van der Waals surface area (Å²) in [6.45, 7) is 12.2. The van der Waals surface area contributed by atoms with Crippen LogP contribution in [0, 0.1) is 5.92 Å². The third-order valence-electron chi connectivity index (χ3n) is 9.72. The molecular formula is C44H89NO4. The maximum Gasteiger partial charge on any atom is 0.306 e. The number of carbonyl (C=O) groups excluding carboxylic acids is 2. The van der Waals surface area contributed by atoms with E-state index in [0.717, 1.165) is 70.4 Å². The molecule has 49 heavy (non-hydrogen) atoms. The molecule has 0 bridgehead atoms. The lowest BCUT2D eigenvalue weighted by atomic mass is 10.0. The lowest BCUT2D eigenvalue weighted by Crippen LogP contribution is -2.18. The minimum absolute atomic E-state index is 0.0368. The predicted molar refractivity (Wildman–Crippen MR) is 215 cm³/mol. The summed E-state index contributed by atoms with van der Waals surface area (Å²) in [6, 6.07) is 0. The Morgan fingerprint density at radius 3 is 1.43 bits per heavy atom. The van der Waals surface area contributed by atoms with Crippen molar-refractivity contribution in [2.45, 2.75) is 239 Å². The molecule has 294 valence electrons. The second-order valence-electron chi connectivity index (χ2n) is 15.0. The fourth-order valence-corrected chi connectivity index (χ4v) is 6.46. The number of aldehydes is 1. The van der Waals surface area contributed by atoms with Crippen LogP contribution in [-0.2, 0) is 19.1 Å². The molecule has 0 aromatic rings. The predicted octanol–water partition coefficient (Wildman–Crippen LogP) is 13.5. The summed E-state index contributed by atoms with van der Waals surface area (Å²) in [7, 11) is 1.79. The number of nitrogens with one attached hydrogen (secondary N) is 1.